The first kappa shape index (κ1) is 21.6. The van der Waals surface area contributed by atoms with E-state index in [0.29, 0.717) is 19.8 Å². The number of thiazole rings is 1. The van der Waals surface area contributed by atoms with Gasteiger partial charge in [-0.1, -0.05) is 30.3 Å². The Morgan fingerprint density at radius 2 is 1.97 bits per heavy atom. The summed E-state index contributed by atoms with van der Waals surface area (Å²) in [6.45, 7) is 5.33. The van der Waals surface area contributed by atoms with Crippen LogP contribution in [-0.4, -0.2) is 36.0 Å². The van der Waals surface area contributed by atoms with Gasteiger partial charge in [0.1, 0.15) is 24.7 Å². The van der Waals surface area contributed by atoms with E-state index in [2.05, 4.69) is 4.98 Å². The molecular weight excluding hydrogens is 396 g/mol. The van der Waals surface area contributed by atoms with E-state index >= 15 is 0 Å². The van der Waals surface area contributed by atoms with E-state index in [1.165, 1.54) is 0 Å². The van der Waals surface area contributed by atoms with Crippen LogP contribution in [0.5, 0.6) is 11.5 Å². The van der Waals surface area contributed by atoms with Crippen LogP contribution in [0.4, 0.5) is 0 Å². The molecule has 3 rings (SSSR count). The summed E-state index contributed by atoms with van der Waals surface area (Å²) in [6, 6.07) is 15.5. The molecule has 0 radical (unpaired) electrons. The van der Waals surface area contributed by atoms with Crippen molar-refractivity contribution >= 4 is 23.3 Å². The molecule has 3 aromatic rings. The van der Waals surface area contributed by atoms with Gasteiger partial charge in [-0.05, 0) is 43.7 Å². The third-order valence-corrected chi connectivity index (χ3v) is 5.25. The number of rotatable bonds is 9. The molecule has 2 aromatic carbocycles. The largest absolute Gasteiger partial charge is 0.492 e. The molecule has 0 unspecified atom stereocenters. The van der Waals surface area contributed by atoms with Crippen LogP contribution in [0.15, 0.2) is 60.0 Å². The second-order valence-electron chi connectivity index (χ2n) is 6.94. The number of aromatic nitrogens is 1. The molecule has 0 atom stereocenters. The summed E-state index contributed by atoms with van der Waals surface area (Å²) in [4.78, 5) is 18.5. The number of likely N-dealkylation sites (N-methyl/N-ethyl adjacent to an activating group) is 1. The molecular formula is C24H26N2O3S. The van der Waals surface area contributed by atoms with Crippen LogP contribution in [0.25, 0.3) is 6.08 Å². The van der Waals surface area contributed by atoms with Crippen LogP contribution in [0, 0.1) is 13.8 Å². The van der Waals surface area contributed by atoms with Gasteiger partial charge in [-0.25, -0.2) is 4.98 Å². The molecule has 0 aliphatic heterocycles. The third kappa shape index (κ3) is 6.46. The Labute approximate surface area is 181 Å². The van der Waals surface area contributed by atoms with Crippen LogP contribution in [-0.2, 0) is 11.4 Å². The maximum Gasteiger partial charge on any atom is 0.246 e. The van der Waals surface area contributed by atoms with Crippen LogP contribution < -0.4 is 9.47 Å². The summed E-state index contributed by atoms with van der Waals surface area (Å²) < 4.78 is 11.6. The lowest BCUT2D eigenvalue weighted by atomic mass is 10.2. The number of carbonyl (C=O) groups is 1. The van der Waals surface area contributed by atoms with Gasteiger partial charge in [-0.15, -0.1) is 11.3 Å². The van der Waals surface area contributed by atoms with E-state index in [-0.39, 0.29) is 5.91 Å². The highest BCUT2D eigenvalue weighted by Crippen LogP contribution is 2.21. The second kappa shape index (κ2) is 10.6. The molecule has 0 spiro atoms. The van der Waals surface area contributed by atoms with Gasteiger partial charge in [0.25, 0.3) is 0 Å². The number of para-hydroxylation sites is 1. The number of hydrogen-bond acceptors (Lipinski definition) is 5. The lowest BCUT2D eigenvalue weighted by Gasteiger charge is -2.16. The number of hydrogen-bond donors (Lipinski definition) is 0. The molecule has 0 saturated carbocycles. The first-order valence-electron chi connectivity index (χ1n) is 9.77. The summed E-state index contributed by atoms with van der Waals surface area (Å²) in [5.41, 5.74) is 2.90. The summed E-state index contributed by atoms with van der Waals surface area (Å²) in [6.07, 6.45) is 3.34. The number of ether oxygens (including phenoxy) is 2. The van der Waals surface area contributed by atoms with Crippen molar-refractivity contribution in [1.82, 2.24) is 9.88 Å². The first-order valence-corrected chi connectivity index (χ1v) is 10.6. The fourth-order valence-electron chi connectivity index (χ4n) is 2.78. The zero-order chi connectivity index (χ0) is 21.3. The fourth-order valence-corrected chi connectivity index (χ4v) is 3.38. The van der Waals surface area contributed by atoms with Crippen molar-refractivity contribution in [1.29, 1.82) is 0 Å². The van der Waals surface area contributed by atoms with Crippen molar-refractivity contribution < 1.29 is 14.3 Å². The van der Waals surface area contributed by atoms with Crippen molar-refractivity contribution in [3.8, 4) is 11.5 Å². The quantitative estimate of drug-likeness (QED) is 0.461. The normalized spacial score (nSPS) is 10.9. The minimum atomic E-state index is -0.0900. The monoisotopic (exact) mass is 422 g/mol. The second-order valence-corrected chi connectivity index (χ2v) is 8.00. The van der Waals surface area contributed by atoms with Gasteiger partial charge >= 0.3 is 0 Å². The Balaban J connectivity index is 1.52. The van der Waals surface area contributed by atoms with Crippen molar-refractivity contribution in [3.05, 3.63) is 81.8 Å². The van der Waals surface area contributed by atoms with Crippen molar-refractivity contribution in [2.24, 2.45) is 0 Å². The molecule has 0 N–H and O–H groups in total. The molecule has 0 aliphatic carbocycles. The van der Waals surface area contributed by atoms with Crippen LogP contribution in [0.3, 0.4) is 0 Å². The highest BCUT2D eigenvalue weighted by Gasteiger charge is 2.07. The predicted octanol–water partition coefficient (Wildman–Crippen LogP) is 4.89. The molecule has 1 aromatic heterocycles. The third-order valence-electron chi connectivity index (χ3n) is 4.43. The summed E-state index contributed by atoms with van der Waals surface area (Å²) in [5.74, 6) is 1.44. The predicted molar refractivity (Wildman–Crippen MR) is 121 cm³/mol. The van der Waals surface area contributed by atoms with Gasteiger partial charge in [0.05, 0.1) is 17.2 Å². The molecule has 30 heavy (non-hydrogen) atoms. The first-order chi connectivity index (χ1) is 14.5. The summed E-state index contributed by atoms with van der Waals surface area (Å²) in [5, 5.41) is 3.01. The van der Waals surface area contributed by atoms with Crippen molar-refractivity contribution in [2.45, 2.75) is 20.5 Å². The van der Waals surface area contributed by atoms with Crippen LogP contribution in [0.1, 0.15) is 21.8 Å². The van der Waals surface area contributed by atoms with Crippen LogP contribution >= 0.6 is 11.3 Å². The number of benzene rings is 2. The Bertz CT molecular complexity index is 1010. The summed E-state index contributed by atoms with van der Waals surface area (Å²) >= 11 is 1.60. The van der Waals surface area contributed by atoms with Gasteiger partial charge in [0, 0.05) is 24.1 Å². The number of carbonyl (C=O) groups excluding carboxylic acids is 1. The zero-order valence-corrected chi connectivity index (χ0v) is 18.3. The molecule has 1 amide bonds. The maximum atomic E-state index is 12.4. The van der Waals surface area contributed by atoms with E-state index in [1.54, 1.807) is 35.4 Å². The molecule has 5 nitrogen and oxygen atoms in total. The molecule has 0 saturated heterocycles. The fraction of sp³-hybridized carbons (Fsp3) is 0.250. The van der Waals surface area contributed by atoms with Gasteiger partial charge < -0.3 is 14.4 Å². The van der Waals surface area contributed by atoms with E-state index in [9.17, 15) is 4.79 Å². The Morgan fingerprint density at radius 1 is 1.13 bits per heavy atom. The minimum Gasteiger partial charge on any atom is -0.492 e. The van der Waals surface area contributed by atoms with E-state index in [1.807, 2.05) is 67.8 Å². The number of amides is 1. The average Bonchev–Trinajstić information content (AvgIpc) is 3.16. The van der Waals surface area contributed by atoms with E-state index in [0.717, 1.165) is 33.3 Å². The Hall–Kier alpha value is -3.12. The summed E-state index contributed by atoms with van der Waals surface area (Å²) in [7, 11) is 1.76. The van der Waals surface area contributed by atoms with Gasteiger partial charge in [-0.3, -0.25) is 4.79 Å². The molecule has 0 fully saturated rings. The highest BCUT2D eigenvalue weighted by molar-refractivity contribution is 7.09. The van der Waals surface area contributed by atoms with Crippen molar-refractivity contribution in [2.75, 3.05) is 20.2 Å². The van der Waals surface area contributed by atoms with E-state index < -0.39 is 0 Å². The zero-order valence-electron chi connectivity index (χ0n) is 17.5. The molecule has 0 aliphatic rings. The smallest absolute Gasteiger partial charge is 0.246 e. The lowest BCUT2D eigenvalue weighted by molar-refractivity contribution is -0.125. The maximum absolute atomic E-state index is 12.4. The Morgan fingerprint density at radius 3 is 2.73 bits per heavy atom. The van der Waals surface area contributed by atoms with Gasteiger partial charge in [-0.2, -0.15) is 0 Å². The van der Waals surface area contributed by atoms with Gasteiger partial charge in [0.15, 0.2) is 0 Å². The molecule has 1 heterocycles. The molecule has 0 bridgehead atoms. The number of nitrogens with zero attached hydrogens (tertiary/aromatic N) is 2. The molecule has 6 heteroatoms. The topological polar surface area (TPSA) is 51.7 Å². The standard InChI is InChI=1S/C24H26N2O3S/c1-18-7-6-9-22(15-18)28-14-13-26(3)24(27)12-11-20-8-4-5-10-23(20)29-16-21-17-30-19(2)25-21/h4-12,15,17H,13-14,16H2,1-3H3/b12-11+. The van der Waals surface area contributed by atoms with Gasteiger partial charge in [0.2, 0.25) is 5.91 Å². The van der Waals surface area contributed by atoms with Crippen molar-refractivity contribution in [3.63, 3.8) is 0 Å². The molecule has 156 valence electrons. The highest BCUT2D eigenvalue weighted by atomic mass is 32.1. The SMILES string of the molecule is Cc1cccc(OCCN(C)C(=O)/C=C/c2ccccc2OCc2csc(C)n2)c1. The minimum absolute atomic E-state index is 0.0900. The van der Waals surface area contributed by atoms with E-state index in [4.69, 9.17) is 9.47 Å². The number of aryl methyl sites for hydroxylation is 2. The Kier molecular flexibility index (Phi) is 7.63. The average molecular weight is 423 g/mol. The lowest BCUT2D eigenvalue weighted by Crippen LogP contribution is -2.29. The van der Waals surface area contributed by atoms with Crippen LogP contribution in [0.2, 0.25) is 0 Å².